The highest BCUT2D eigenvalue weighted by atomic mass is 16.7. The van der Waals surface area contributed by atoms with Crippen LogP contribution in [0.15, 0.2) is 12.2 Å². The third-order valence-electron chi connectivity index (χ3n) is 11.7. The van der Waals surface area contributed by atoms with E-state index in [2.05, 4.69) is 0 Å². The van der Waals surface area contributed by atoms with Gasteiger partial charge in [-0.1, -0.05) is 32.9 Å². The van der Waals surface area contributed by atoms with Crippen molar-refractivity contribution in [2.45, 2.75) is 197 Å². The van der Waals surface area contributed by atoms with Crippen LogP contribution in [0, 0.1) is 11.8 Å². The molecule has 0 bridgehead atoms. The largest absolute Gasteiger partial charge is 0.462 e. The molecule has 9 unspecified atom stereocenters. The first-order valence-corrected chi connectivity index (χ1v) is 21.1. The van der Waals surface area contributed by atoms with Gasteiger partial charge in [0.2, 0.25) is 0 Å². The molecule has 0 aromatic heterocycles. The van der Waals surface area contributed by atoms with Crippen LogP contribution in [0.3, 0.4) is 0 Å². The summed E-state index contributed by atoms with van der Waals surface area (Å²) in [4.78, 5) is 52.7. The third-order valence-corrected chi connectivity index (χ3v) is 11.7. The smallest absolute Gasteiger partial charge is 0.309 e. The van der Waals surface area contributed by atoms with Crippen LogP contribution in [0.5, 0.6) is 0 Å². The Labute approximate surface area is 348 Å². The van der Waals surface area contributed by atoms with Crippen LogP contribution in [0.25, 0.3) is 0 Å². The molecule has 17 nitrogen and oxygen atoms in total. The van der Waals surface area contributed by atoms with Gasteiger partial charge in [0.05, 0.1) is 43.0 Å². The Hall–Kier alpha value is -2.58. The monoisotopic (exact) mass is 843 g/mol. The van der Waals surface area contributed by atoms with Gasteiger partial charge in [-0.05, 0) is 66.5 Å². The van der Waals surface area contributed by atoms with E-state index in [9.17, 15) is 34.5 Å². The van der Waals surface area contributed by atoms with E-state index in [0.29, 0.717) is 12.8 Å². The Bertz CT molecular complexity index is 1410. The number of carbonyl (C=O) groups excluding carboxylic acids is 4. The molecule has 17 heteroatoms. The van der Waals surface area contributed by atoms with Crippen LogP contribution < -0.4 is 0 Å². The molecule has 18 atom stereocenters. The van der Waals surface area contributed by atoms with Crippen molar-refractivity contribution in [3.05, 3.63) is 12.2 Å². The molecule has 0 aromatic carbocycles. The summed E-state index contributed by atoms with van der Waals surface area (Å²) in [5, 5.41) is 34.7. The quantitative estimate of drug-likeness (QED) is 0.0797. The third kappa shape index (κ3) is 13.2. The summed E-state index contributed by atoms with van der Waals surface area (Å²) in [5.74, 6) is -2.82. The second-order valence-corrected chi connectivity index (χ2v) is 17.1. The molecule has 0 aliphatic carbocycles. The van der Waals surface area contributed by atoms with Crippen molar-refractivity contribution < 1.29 is 77.1 Å². The average molecular weight is 844 g/mol. The number of aliphatic hydroxyl groups excluding tert-OH is 2. The lowest BCUT2D eigenvalue weighted by molar-refractivity contribution is -0.344. The molecule has 4 aliphatic heterocycles. The van der Waals surface area contributed by atoms with Gasteiger partial charge in [-0.3, -0.25) is 14.4 Å². The van der Waals surface area contributed by atoms with Gasteiger partial charge >= 0.3 is 17.9 Å². The molecule has 0 radical (unpaired) electrons. The first-order chi connectivity index (χ1) is 27.8. The van der Waals surface area contributed by atoms with E-state index in [4.69, 9.17) is 42.6 Å². The van der Waals surface area contributed by atoms with Gasteiger partial charge in [0, 0.05) is 39.2 Å². The molecule has 0 spiro atoms. The number of aliphatic hydroxyl groups is 3. The molecular weight excluding hydrogens is 774 g/mol. The summed E-state index contributed by atoms with van der Waals surface area (Å²) >= 11 is 0. The standard InChI is InChI=1S/C42H69NO16/c1-11-13-32(47)57-40-25(6)53-34(21-42(40,7)50)58-37-24(5)54-41(36(49)35(37)43(8)9)59-38-26(16-17-44)18-22(3)27(45)14-15-28-29(55-28)19-23(4)52-33(48)20-30(39(38)51-10)56-31(46)12-2/h14-15,17,22-30,34-41,45,49-50H,11-13,16,18-21H2,1-10H3/b15-14+/t22-,23-,24?,25?,26+,27+,28-,29+,30-,34?,35?,36?,37?,38+,39-,40?,41?,42?/m1/s1. The average Bonchev–Trinajstić information content (AvgIpc) is 3.89. The molecule has 4 aliphatic rings. The summed E-state index contributed by atoms with van der Waals surface area (Å²) < 4.78 is 54.6. The lowest BCUT2D eigenvalue weighted by atomic mass is 9.82. The van der Waals surface area contributed by atoms with Crippen LogP contribution in [0.4, 0.5) is 0 Å². The number of fused-ring (bicyclic) bond motifs is 1. The minimum Gasteiger partial charge on any atom is -0.462 e. The molecule has 3 fully saturated rings. The molecular formula is C42H69NO16. The number of likely N-dealkylation sites (N-methyl/N-ethyl adjacent to an activating group) is 1. The summed E-state index contributed by atoms with van der Waals surface area (Å²) in [6.45, 7) is 12.0. The minimum absolute atomic E-state index is 0.00487. The number of hydrogen-bond acceptors (Lipinski definition) is 17. The maximum Gasteiger partial charge on any atom is 0.309 e. The van der Waals surface area contributed by atoms with E-state index >= 15 is 0 Å². The zero-order valence-corrected chi connectivity index (χ0v) is 36.3. The minimum atomic E-state index is -1.49. The Morgan fingerprint density at radius 2 is 1.66 bits per heavy atom. The fraction of sp³-hybridized carbons (Fsp3) is 0.857. The van der Waals surface area contributed by atoms with Crippen LogP contribution >= 0.6 is 0 Å². The van der Waals surface area contributed by atoms with E-state index in [1.807, 2.05) is 13.8 Å². The van der Waals surface area contributed by atoms with Gasteiger partial charge in [-0.15, -0.1) is 0 Å². The first-order valence-electron chi connectivity index (χ1n) is 21.1. The van der Waals surface area contributed by atoms with E-state index in [1.54, 1.807) is 65.8 Å². The number of nitrogens with zero attached hydrogens (tertiary/aromatic N) is 1. The second-order valence-electron chi connectivity index (χ2n) is 17.1. The van der Waals surface area contributed by atoms with Crippen LogP contribution in [-0.4, -0.2) is 163 Å². The number of epoxide rings is 1. The maximum atomic E-state index is 13.4. The number of ether oxygens (including phenoxy) is 9. The van der Waals surface area contributed by atoms with Crippen LogP contribution in [0.1, 0.15) is 99.8 Å². The summed E-state index contributed by atoms with van der Waals surface area (Å²) in [6, 6.07) is -0.783. The number of hydrogen-bond donors (Lipinski definition) is 3. The number of carbonyl (C=O) groups is 4. The molecule has 4 rings (SSSR count). The number of esters is 3. The van der Waals surface area contributed by atoms with Crippen molar-refractivity contribution in [1.29, 1.82) is 0 Å². The van der Waals surface area contributed by atoms with E-state index in [1.165, 1.54) is 7.11 Å². The zero-order valence-electron chi connectivity index (χ0n) is 36.3. The lowest BCUT2D eigenvalue weighted by Crippen LogP contribution is -2.66. The van der Waals surface area contributed by atoms with E-state index < -0.39 is 121 Å². The Kier molecular flexibility index (Phi) is 18.3. The second kappa shape index (κ2) is 22.0. The molecule has 0 aromatic rings. The first kappa shape index (κ1) is 49.1. The Morgan fingerprint density at radius 1 is 0.949 bits per heavy atom. The van der Waals surface area contributed by atoms with Gasteiger partial charge in [-0.25, -0.2) is 0 Å². The molecule has 3 saturated heterocycles. The molecule has 0 saturated carbocycles. The van der Waals surface area contributed by atoms with Crippen LogP contribution in [-0.2, 0) is 61.8 Å². The van der Waals surface area contributed by atoms with Gasteiger partial charge < -0.3 is 67.6 Å². The number of methoxy groups -OCH3 is 1. The lowest BCUT2D eigenvalue weighted by Gasteiger charge is -2.50. The van der Waals surface area contributed by atoms with Crippen LogP contribution in [0.2, 0.25) is 0 Å². The fourth-order valence-electron chi connectivity index (χ4n) is 8.54. The predicted molar refractivity (Wildman–Crippen MR) is 209 cm³/mol. The van der Waals surface area contributed by atoms with E-state index in [0.717, 1.165) is 6.29 Å². The predicted octanol–water partition coefficient (Wildman–Crippen LogP) is 2.37. The normalized spacial score (nSPS) is 42.9. The van der Waals surface area contributed by atoms with Crippen molar-refractivity contribution in [2.75, 3.05) is 21.2 Å². The fourth-order valence-corrected chi connectivity index (χ4v) is 8.54. The Morgan fingerprint density at radius 3 is 2.27 bits per heavy atom. The van der Waals surface area contributed by atoms with Crippen molar-refractivity contribution in [2.24, 2.45) is 11.8 Å². The summed E-state index contributed by atoms with van der Waals surface area (Å²) in [6.07, 6.45) is -7.41. The molecule has 0 amide bonds. The SMILES string of the molecule is CCCC(=O)OC1C(C)OC(OC2C(C)OC(O[C@H]3[C@@H](CC=O)C[C@@H](C)[C@@H](O)/C=C/[C@H]4O[C@H]4C[C@@H](C)OC(=O)C[C@@H](OC(=O)CC)[C@H]3OC)C(O)C2N(C)C)CC1(C)O. The van der Waals surface area contributed by atoms with Gasteiger partial charge in [0.1, 0.15) is 48.5 Å². The highest BCUT2D eigenvalue weighted by Gasteiger charge is 2.53. The highest BCUT2D eigenvalue weighted by Crippen LogP contribution is 2.38. The molecule has 3 N–H and O–H groups in total. The number of aldehydes is 1. The molecule has 4 heterocycles. The van der Waals surface area contributed by atoms with Crippen molar-refractivity contribution in [1.82, 2.24) is 4.90 Å². The zero-order chi connectivity index (χ0) is 43.8. The number of rotatable bonds is 13. The molecule has 59 heavy (non-hydrogen) atoms. The van der Waals surface area contributed by atoms with Crippen molar-refractivity contribution in [3.8, 4) is 0 Å². The van der Waals surface area contributed by atoms with Gasteiger partial charge in [0.15, 0.2) is 18.7 Å². The maximum absolute atomic E-state index is 13.4. The molecule has 338 valence electrons. The van der Waals surface area contributed by atoms with E-state index in [-0.39, 0.29) is 44.3 Å². The van der Waals surface area contributed by atoms with Crippen molar-refractivity contribution in [3.63, 3.8) is 0 Å². The van der Waals surface area contributed by atoms with Crippen molar-refractivity contribution >= 4 is 24.2 Å². The topological polar surface area (TPSA) is 219 Å². The Balaban J connectivity index is 1.66. The number of cyclic esters (lactones) is 1. The summed E-state index contributed by atoms with van der Waals surface area (Å²) in [5.41, 5.74) is -1.49. The van der Waals surface area contributed by atoms with Gasteiger partial charge in [-0.2, -0.15) is 0 Å². The van der Waals surface area contributed by atoms with Gasteiger partial charge in [0.25, 0.3) is 0 Å². The highest BCUT2D eigenvalue weighted by molar-refractivity contribution is 5.72. The summed E-state index contributed by atoms with van der Waals surface area (Å²) in [7, 11) is 4.87.